The number of amides is 2. The molecule has 0 spiro atoms. The van der Waals surface area contributed by atoms with E-state index in [-0.39, 0.29) is 17.2 Å². The van der Waals surface area contributed by atoms with Crippen LogP contribution in [0, 0.1) is 11.3 Å². The van der Waals surface area contributed by atoms with Crippen LogP contribution < -0.4 is 15.0 Å². The second-order valence-corrected chi connectivity index (χ2v) is 7.93. The summed E-state index contributed by atoms with van der Waals surface area (Å²) in [6.45, 7) is 4.99. The normalized spacial score (nSPS) is 14.4. The topological polar surface area (TPSA) is 100 Å². The van der Waals surface area contributed by atoms with E-state index in [1.165, 1.54) is 37.8 Å². The summed E-state index contributed by atoms with van der Waals surface area (Å²) >= 11 is 0. The number of benzene rings is 2. The van der Waals surface area contributed by atoms with E-state index < -0.39 is 5.91 Å². The molecule has 1 fully saturated rings. The van der Waals surface area contributed by atoms with Crippen molar-refractivity contribution in [2.45, 2.75) is 39.2 Å². The van der Waals surface area contributed by atoms with Crippen LogP contribution in [0.25, 0.3) is 0 Å². The highest BCUT2D eigenvalue weighted by molar-refractivity contribution is 6.15. The Morgan fingerprint density at radius 2 is 1.88 bits per heavy atom. The van der Waals surface area contributed by atoms with Crippen molar-refractivity contribution in [3.63, 3.8) is 0 Å². The van der Waals surface area contributed by atoms with Crippen LogP contribution in [-0.4, -0.2) is 35.2 Å². The Hall–Kier alpha value is -4.12. The first-order chi connectivity index (χ1) is 16.6. The van der Waals surface area contributed by atoms with Gasteiger partial charge in [0.15, 0.2) is 0 Å². The SMILES string of the molecule is CC.COc1ccc(NC(=O)c2cnn3c2C(=O)N(c2ccc(C4CC4)cc2)CC3)cc1C#N. The van der Waals surface area contributed by atoms with Crippen LogP contribution in [0.2, 0.25) is 0 Å². The molecule has 2 aromatic carbocycles. The van der Waals surface area contributed by atoms with Gasteiger partial charge in [0.1, 0.15) is 17.5 Å². The van der Waals surface area contributed by atoms with Crippen molar-refractivity contribution in [3.05, 3.63) is 71.0 Å². The maximum Gasteiger partial charge on any atom is 0.277 e. The number of methoxy groups -OCH3 is 1. The first kappa shape index (κ1) is 23.1. The standard InChI is InChI=1S/C24H21N5O3.C2H6/c1-32-21-9-6-18(12-17(21)13-25)27-23(30)20-14-26-29-11-10-28(24(31)22(20)29)19-7-4-16(5-8-19)15-2-3-15;1-2/h4-9,12,14-15H,2-3,10-11H2,1H3,(H,27,30);1-2H3. The predicted molar refractivity (Wildman–Crippen MR) is 129 cm³/mol. The van der Waals surface area contributed by atoms with Gasteiger partial charge in [-0.25, -0.2) is 0 Å². The number of rotatable bonds is 5. The average molecular weight is 458 g/mol. The molecule has 0 bridgehead atoms. The van der Waals surface area contributed by atoms with Crippen molar-refractivity contribution in [1.82, 2.24) is 9.78 Å². The van der Waals surface area contributed by atoms with E-state index in [0.717, 1.165) is 5.69 Å². The lowest BCUT2D eigenvalue weighted by molar-refractivity contribution is 0.0947. The smallest absolute Gasteiger partial charge is 0.277 e. The lowest BCUT2D eigenvalue weighted by Gasteiger charge is -2.28. The summed E-state index contributed by atoms with van der Waals surface area (Å²) in [6, 6.07) is 14.9. The summed E-state index contributed by atoms with van der Waals surface area (Å²) in [6.07, 6.45) is 3.87. The zero-order valence-electron chi connectivity index (χ0n) is 19.5. The zero-order valence-corrected chi connectivity index (χ0v) is 19.5. The summed E-state index contributed by atoms with van der Waals surface area (Å²) in [4.78, 5) is 27.9. The van der Waals surface area contributed by atoms with E-state index >= 15 is 0 Å². The van der Waals surface area contributed by atoms with Crippen molar-refractivity contribution in [2.75, 3.05) is 23.9 Å². The maximum absolute atomic E-state index is 13.3. The lowest BCUT2D eigenvalue weighted by atomic mass is 10.1. The second-order valence-electron chi connectivity index (χ2n) is 7.93. The molecule has 1 N–H and O–H groups in total. The fourth-order valence-corrected chi connectivity index (χ4v) is 4.03. The molecule has 1 aliphatic carbocycles. The minimum atomic E-state index is -0.459. The highest BCUT2D eigenvalue weighted by atomic mass is 16.5. The van der Waals surface area contributed by atoms with Crippen LogP contribution in [0.3, 0.4) is 0 Å². The Bertz CT molecular complexity index is 1250. The third-order valence-electron chi connectivity index (χ3n) is 5.90. The van der Waals surface area contributed by atoms with E-state index in [4.69, 9.17) is 4.74 Å². The molecular formula is C26H27N5O3. The molecule has 1 aliphatic heterocycles. The van der Waals surface area contributed by atoms with Crippen LogP contribution in [0.15, 0.2) is 48.7 Å². The first-order valence-corrected chi connectivity index (χ1v) is 11.5. The molecule has 2 heterocycles. The Labute approximate surface area is 198 Å². The Morgan fingerprint density at radius 3 is 2.53 bits per heavy atom. The molecule has 174 valence electrons. The minimum absolute atomic E-state index is 0.198. The van der Waals surface area contributed by atoms with E-state index in [1.54, 1.807) is 21.7 Å². The van der Waals surface area contributed by atoms with Gasteiger partial charge in [0, 0.05) is 17.9 Å². The van der Waals surface area contributed by atoms with Crippen LogP contribution in [0.4, 0.5) is 11.4 Å². The molecule has 0 unspecified atom stereocenters. The molecule has 2 aliphatic rings. The maximum atomic E-state index is 13.3. The van der Waals surface area contributed by atoms with Gasteiger partial charge in [0.25, 0.3) is 11.8 Å². The number of carbonyl (C=O) groups is 2. The molecule has 8 heteroatoms. The van der Waals surface area contributed by atoms with Crippen LogP contribution in [-0.2, 0) is 6.54 Å². The van der Waals surface area contributed by atoms with Gasteiger partial charge in [0.2, 0.25) is 0 Å². The molecule has 0 radical (unpaired) electrons. The first-order valence-electron chi connectivity index (χ1n) is 11.5. The van der Waals surface area contributed by atoms with Gasteiger partial charge in [-0.15, -0.1) is 0 Å². The van der Waals surface area contributed by atoms with Gasteiger partial charge in [-0.1, -0.05) is 26.0 Å². The summed E-state index contributed by atoms with van der Waals surface area (Å²) < 4.78 is 6.71. The van der Waals surface area contributed by atoms with Crippen molar-refractivity contribution in [2.24, 2.45) is 0 Å². The van der Waals surface area contributed by atoms with Crippen LogP contribution in [0.5, 0.6) is 5.75 Å². The largest absolute Gasteiger partial charge is 0.495 e. The van der Waals surface area contributed by atoms with Gasteiger partial charge in [-0.2, -0.15) is 10.4 Å². The molecule has 34 heavy (non-hydrogen) atoms. The van der Waals surface area contributed by atoms with Gasteiger partial charge in [0.05, 0.1) is 31.0 Å². The number of aromatic nitrogens is 2. The lowest BCUT2D eigenvalue weighted by Crippen LogP contribution is -2.41. The number of anilines is 2. The van der Waals surface area contributed by atoms with Gasteiger partial charge in [-0.05, 0) is 54.7 Å². The monoisotopic (exact) mass is 457 g/mol. The Morgan fingerprint density at radius 1 is 1.15 bits per heavy atom. The molecular weight excluding hydrogens is 430 g/mol. The van der Waals surface area contributed by atoms with E-state index in [2.05, 4.69) is 22.5 Å². The number of hydrogen-bond acceptors (Lipinski definition) is 5. The van der Waals surface area contributed by atoms with E-state index in [9.17, 15) is 14.9 Å². The number of carbonyl (C=O) groups excluding carboxylic acids is 2. The predicted octanol–water partition coefficient (Wildman–Crippen LogP) is 4.58. The van der Waals surface area contributed by atoms with Crippen molar-refractivity contribution in [3.8, 4) is 11.8 Å². The molecule has 2 amide bonds. The van der Waals surface area contributed by atoms with Crippen LogP contribution in [0.1, 0.15) is 64.6 Å². The average Bonchev–Trinajstić information content (AvgIpc) is 3.64. The summed E-state index contributed by atoms with van der Waals surface area (Å²) in [5.41, 5.74) is 3.31. The van der Waals surface area contributed by atoms with Gasteiger partial charge in [-0.3, -0.25) is 14.3 Å². The fourth-order valence-electron chi connectivity index (χ4n) is 4.03. The summed E-state index contributed by atoms with van der Waals surface area (Å²) in [7, 11) is 1.48. The highest BCUT2D eigenvalue weighted by Crippen LogP contribution is 2.40. The van der Waals surface area contributed by atoms with Gasteiger partial charge < -0.3 is 15.0 Å². The molecule has 0 saturated heterocycles. The third-order valence-corrected chi connectivity index (χ3v) is 5.90. The Kier molecular flexibility index (Phi) is 6.64. The van der Waals surface area contributed by atoms with Crippen molar-refractivity contribution < 1.29 is 14.3 Å². The van der Waals surface area contributed by atoms with Crippen LogP contribution >= 0.6 is 0 Å². The fraction of sp³-hybridized carbons (Fsp3) is 0.308. The summed E-state index contributed by atoms with van der Waals surface area (Å²) in [5, 5.41) is 16.3. The number of nitrogens with one attached hydrogen (secondary N) is 1. The minimum Gasteiger partial charge on any atom is -0.495 e. The van der Waals surface area contributed by atoms with E-state index in [1.807, 2.05) is 32.0 Å². The quantitative estimate of drug-likeness (QED) is 0.604. The molecule has 3 aromatic rings. The van der Waals surface area contributed by atoms with Gasteiger partial charge >= 0.3 is 0 Å². The molecule has 1 saturated carbocycles. The number of nitriles is 1. The van der Waals surface area contributed by atoms with E-state index in [0.29, 0.717) is 36.0 Å². The summed E-state index contributed by atoms with van der Waals surface area (Å²) in [5.74, 6) is 0.356. The molecule has 1 aromatic heterocycles. The number of nitrogens with zero attached hydrogens (tertiary/aromatic N) is 4. The highest BCUT2D eigenvalue weighted by Gasteiger charge is 2.32. The zero-order chi connectivity index (χ0) is 24.2. The third kappa shape index (κ3) is 4.37. The number of ether oxygens (including phenoxy) is 1. The molecule has 0 atom stereocenters. The number of fused-ring (bicyclic) bond motifs is 1. The molecule has 8 nitrogen and oxygen atoms in total. The molecule has 5 rings (SSSR count). The Balaban J connectivity index is 0.00000133. The number of hydrogen-bond donors (Lipinski definition) is 1. The van der Waals surface area contributed by atoms with Crippen molar-refractivity contribution in [1.29, 1.82) is 5.26 Å². The second kappa shape index (κ2) is 9.79. The van der Waals surface area contributed by atoms with Crippen molar-refractivity contribution >= 4 is 23.2 Å².